The normalized spacial score (nSPS) is 20.1. The van der Waals surface area contributed by atoms with Crippen LogP contribution in [0.3, 0.4) is 0 Å². The van der Waals surface area contributed by atoms with Crippen molar-refractivity contribution >= 4 is 5.97 Å². The zero-order chi connectivity index (χ0) is 10.4. The molecule has 0 aliphatic carbocycles. The number of allylic oxidation sites excluding steroid dienone is 2. The Kier molecular flexibility index (Phi) is 4.19. The first-order chi connectivity index (χ1) is 6.75. The predicted octanol–water partition coefficient (Wildman–Crippen LogP) is 0.830. The van der Waals surface area contributed by atoms with E-state index in [1.165, 1.54) is 0 Å². The summed E-state index contributed by atoms with van der Waals surface area (Å²) in [4.78, 5) is 10.8. The van der Waals surface area contributed by atoms with Crippen LogP contribution in [0.2, 0.25) is 0 Å². The molecule has 0 bridgehead atoms. The standard InChI is InChI=1S/C10H16N2O2/c1-2-3-6-11-9-8(10(13)14)5-4-7-12-9/h4-5,7,9,11-12H,2-3,6H2,1H3,(H,13,14). The van der Waals surface area contributed by atoms with Crippen molar-refractivity contribution in [2.24, 2.45) is 0 Å². The third-order valence-corrected chi connectivity index (χ3v) is 2.07. The smallest absolute Gasteiger partial charge is 0.335 e. The van der Waals surface area contributed by atoms with Crippen LogP contribution in [0, 0.1) is 0 Å². The molecular weight excluding hydrogens is 180 g/mol. The first-order valence-corrected chi connectivity index (χ1v) is 4.85. The number of carboxylic acids is 1. The van der Waals surface area contributed by atoms with Crippen LogP contribution in [0.1, 0.15) is 19.8 Å². The van der Waals surface area contributed by atoms with E-state index in [9.17, 15) is 4.79 Å². The number of hydrogen-bond acceptors (Lipinski definition) is 3. The summed E-state index contributed by atoms with van der Waals surface area (Å²) in [5, 5.41) is 15.0. The Bertz CT molecular complexity index is 259. The van der Waals surface area contributed by atoms with Crippen molar-refractivity contribution in [1.82, 2.24) is 10.6 Å². The SMILES string of the molecule is CCCCNC1NC=CC=C1C(=O)O. The molecule has 0 saturated heterocycles. The van der Waals surface area contributed by atoms with Gasteiger partial charge in [0.05, 0.1) is 5.57 Å². The number of carboxylic acid groups (broad SMARTS) is 1. The van der Waals surface area contributed by atoms with E-state index in [-0.39, 0.29) is 6.17 Å². The lowest BCUT2D eigenvalue weighted by Crippen LogP contribution is -2.44. The first kappa shape index (κ1) is 10.8. The minimum Gasteiger partial charge on any atom is -0.478 e. The van der Waals surface area contributed by atoms with Gasteiger partial charge in [0.1, 0.15) is 6.17 Å². The second kappa shape index (κ2) is 5.44. The number of hydrogen-bond donors (Lipinski definition) is 3. The monoisotopic (exact) mass is 196 g/mol. The van der Waals surface area contributed by atoms with Crippen LogP contribution in [0.15, 0.2) is 23.9 Å². The van der Waals surface area contributed by atoms with Crippen molar-refractivity contribution < 1.29 is 9.90 Å². The summed E-state index contributed by atoms with van der Waals surface area (Å²) in [5.74, 6) is -0.879. The molecule has 3 N–H and O–H groups in total. The molecule has 0 spiro atoms. The molecule has 1 aliphatic rings. The maximum absolute atomic E-state index is 10.8. The van der Waals surface area contributed by atoms with Crippen LogP contribution in [-0.4, -0.2) is 23.8 Å². The number of aliphatic carboxylic acids is 1. The Morgan fingerprint density at radius 1 is 1.71 bits per heavy atom. The Labute approximate surface area is 83.7 Å². The summed E-state index contributed by atoms with van der Waals surface area (Å²) >= 11 is 0. The van der Waals surface area contributed by atoms with Crippen LogP contribution < -0.4 is 10.6 Å². The Morgan fingerprint density at radius 2 is 2.50 bits per heavy atom. The molecule has 0 saturated carbocycles. The van der Waals surface area contributed by atoms with Gasteiger partial charge < -0.3 is 10.4 Å². The summed E-state index contributed by atoms with van der Waals surface area (Å²) in [6.45, 7) is 2.93. The summed E-state index contributed by atoms with van der Waals surface area (Å²) in [5.41, 5.74) is 0.364. The van der Waals surface area contributed by atoms with E-state index < -0.39 is 5.97 Å². The van der Waals surface area contributed by atoms with E-state index in [1.54, 1.807) is 18.4 Å². The van der Waals surface area contributed by atoms with Gasteiger partial charge in [0, 0.05) is 0 Å². The molecule has 1 atom stereocenters. The van der Waals surface area contributed by atoms with E-state index in [0.29, 0.717) is 5.57 Å². The molecule has 4 nitrogen and oxygen atoms in total. The van der Waals surface area contributed by atoms with Gasteiger partial charge in [-0.15, -0.1) is 0 Å². The van der Waals surface area contributed by atoms with Crippen LogP contribution in [0.25, 0.3) is 0 Å². The summed E-state index contributed by atoms with van der Waals surface area (Å²) < 4.78 is 0. The van der Waals surface area contributed by atoms with E-state index >= 15 is 0 Å². The van der Waals surface area contributed by atoms with Crippen molar-refractivity contribution in [2.75, 3.05) is 6.54 Å². The lowest BCUT2D eigenvalue weighted by atomic mass is 10.1. The maximum atomic E-state index is 10.8. The second-order valence-corrected chi connectivity index (χ2v) is 3.19. The van der Waals surface area contributed by atoms with Gasteiger partial charge in [-0.2, -0.15) is 0 Å². The van der Waals surface area contributed by atoms with E-state index in [1.807, 2.05) is 0 Å². The number of rotatable bonds is 5. The van der Waals surface area contributed by atoms with E-state index in [2.05, 4.69) is 17.6 Å². The van der Waals surface area contributed by atoms with E-state index in [4.69, 9.17) is 5.11 Å². The molecule has 0 amide bonds. The maximum Gasteiger partial charge on any atom is 0.335 e. The van der Waals surface area contributed by atoms with Gasteiger partial charge in [0.15, 0.2) is 0 Å². The van der Waals surface area contributed by atoms with Crippen LogP contribution >= 0.6 is 0 Å². The van der Waals surface area contributed by atoms with Gasteiger partial charge in [-0.1, -0.05) is 13.3 Å². The highest BCUT2D eigenvalue weighted by atomic mass is 16.4. The van der Waals surface area contributed by atoms with E-state index in [0.717, 1.165) is 19.4 Å². The largest absolute Gasteiger partial charge is 0.478 e. The second-order valence-electron chi connectivity index (χ2n) is 3.19. The molecule has 0 radical (unpaired) electrons. The molecule has 14 heavy (non-hydrogen) atoms. The molecule has 78 valence electrons. The fourth-order valence-electron chi connectivity index (χ4n) is 1.28. The third kappa shape index (κ3) is 2.88. The number of carbonyl (C=O) groups is 1. The molecular formula is C10H16N2O2. The van der Waals surface area contributed by atoms with Crippen LogP contribution in [-0.2, 0) is 4.79 Å². The topological polar surface area (TPSA) is 61.4 Å². The average molecular weight is 196 g/mol. The van der Waals surface area contributed by atoms with Gasteiger partial charge in [-0.3, -0.25) is 5.32 Å². The Hall–Kier alpha value is -1.29. The van der Waals surface area contributed by atoms with Gasteiger partial charge in [0.2, 0.25) is 0 Å². The Balaban J connectivity index is 2.47. The zero-order valence-electron chi connectivity index (χ0n) is 8.29. The quantitative estimate of drug-likeness (QED) is 0.570. The zero-order valence-corrected chi connectivity index (χ0v) is 8.29. The third-order valence-electron chi connectivity index (χ3n) is 2.07. The lowest BCUT2D eigenvalue weighted by molar-refractivity contribution is -0.133. The molecule has 1 heterocycles. The van der Waals surface area contributed by atoms with Crippen molar-refractivity contribution in [2.45, 2.75) is 25.9 Å². The molecule has 1 unspecified atom stereocenters. The van der Waals surface area contributed by atoms with Crippen LogP contribution in [0.4, 0.5) is 0 Å². The fraction of sp³-hybridized carbons (Fsp3) is 0.500. The molecule has 4 heteroatoms. The minimum absolute atomic E-state index is 0.260. The van der Waals surface area contributed by atoms with Gasteiger partial charge in [-0.25, -0.2) is 4.79 Å². The molecule has 0 aromatic heterocycles. The molecule has 1 rings (SSSR count). The Morgan fingerprint density at radius 3 is 3.14 bits per heavy atom. The van der Waals surface area contributed by atoms with Crippen molar-refractivity contribution in [3.63, 3.8) is 0 Å². The molecule has 0 fully saturated rings. The van der Waals surface area contributed by atoms with Gasteiger partial charge in [-0.05, 0) is 31.3 Å². The van der Waals surface area contributed by atoms with Gasteiger partial charge in [0.25, 0.3) is 0 Å². The number of dihydropyridines is 1. The highest BCUT2D eigenvalue weighted by molar-refractivity contribution is 5.88. The predicted molar refractivity (Wildman–Crippen MR) is 54.7 cm³/mol. The first-order valence-electron chi connectivity index (χ1n) is 4.85. The summed E-state index contributed by atoms with van der Waals surface area (Å²) in [7, 11) is 0. The molecule has 0 aromatic carbocycles. The van der Waals surface area contributed by atoms with Crippen LogP contribution in [0.5, 0.6) is 0 Å². The van der Waals surface area contributed by atoms with Crippen molar-refractivity contribution in [1.29, 1.82) is 0 Å². The molecule has 1 aliphatic heterocycles. The number of unbranched alkanes of at least 4 members (excludes halogenated alkanes) is 1. The summed E-state index contributed by atoms with van der Waals surface area (Å²) in [6, 6.07) is 0. The number of nitrogens with one attached hydrogen (secondary N) is 2. The average Bonchev–Trinajstić information content (AvgIpc) is 2.19. The highest BCUT2D eigenvalue weighted by Gasteiger charge is 2.19. The fourth-order valence-corrected chi connectivity index (χ4v) is 1.28. The summed E-state index contributed by atoms with van der Waals surface area (Å²) in [6.07, 6.45) is 6.94. The van der Waals surface area contributed by atoms with Crippen molar-refractivity contribution in [3.05, 3.63) is 23.9 Å². The highest BCUT2D eigenvalue weighted by Crippen LogP contribution is 2.05. The minimum atomic E-state index is -0.879. The molecule has 0 aromatic rings. The van der Waals surface area contributed by atoms with Crippen molar-refractivity contribution in [3.8, 4) is 0 Å². The lowest BCUT2D eigenvalue weighted by Gasteiger charge is -2.21. The van der Waals surface area contributed by atoms with Gasteiger partial charge >= 0.3 is 5.97 Å².